The molecule has 0 radical (unpaired) electrons. The molecule has 0 fully saturated rings. The molecule has 17 heavy (non-hydrogen) atoms. The minimum absolute atomic E-state index is 0.130. The van der Waals surface area contributed by atoms with E-state index >= 15 is 0 Å². The number of hydrogen-bond acceptors (Lipinski definition) is 5. The van der Waals surface area contributed by atoms with E-state index in [2.05, 4.69) is 9.97 Å². The molecular formula is C11H18ClN3O2. The third-order valence-corrected chi connectivity index (χ3v) is 2.51. The Bertz CT molecular complexity index is 338. The van der Waals surface area contributed by atoms with Gasteiger partial charge in [-0.3, -0.25) is 0 Å². The number of alkyl halides is 1. The van der Waals surface area contributed by atoms with Crippen molar-refractivity contribution in [3.05, 3.63) is 6.07 Å². The Morgan fingerprint density at radius 1 is 1.29 bits per heavy atom. The number of rotatable bonds is 6. The zero-order valence-corrected chi connectivity index (χ0v) is 11.4. The number of halogens is 1. The maximum Gasteiger partial charge on any atom is 0.231 e. The van der Waals surface area contributed by atoms with Crippen LogP contribution in [0.4, 0.5) is 5.95 Å². The first-order valence-corrected chi connectivity index (χ1v) is 5.82. The average molecular weight is 260 g/mol. The van der Waals surface area contributed by atoms with Gasteiger partial charge in [-0.25, -0.2) is 0 Å². The number of methoxy groups -OCH3 is 2. The van der Waals surface area contributed by atoms with Gasteiger partial charge in [-0.15, -0.1) is 11.6 Å². The molecule has 1 unspecified atom stereocenters. The van der Waals surface area contributed by atoms with Crippen LogP contribution in [0.2, 0.25) is 0 Å². The Balaban J connectivity index is 2.80. The number of nitrogens with zero attached hydrogens (tertiary/aromatic N) is 3. The molecule has 0 bridgehead atoms. The standard InChI is InChI=1S/C11H18ClN3O2/c1-8(12)5-6-15(2)11-13-9(16-3)7-10(14-11)17-4/h7-8H,5-6H2,1-4H3. The summed E-state index contributed by atoms with van der Waals surface area (Å²) in [6.07, 6.45) is 0.862. The first-order valence-electron chi connectivity index (χ1n) is 5.39. The summed E-state index contributed by atoms with van der Waals surface area (Å²) < 4.78 is 10.2. The summed E-state index contributed by atoms with van der Waals surface area (Å²) in [6.45, 7) is 2.74. The van der Waals surface area contributed by atoms with Crippen LogP contribution in [-0.2, 0) is 0 Å². The predicted molar refractivity (Wildman–Crippen MR) is 68.3 cm³/mol. The lowest BCUT2D eigenvalue weighted by Crippen LogP contribution is -2.23. The summed E-state index contributed by atoms with van der Waals surface area (Å²) in [5.41, 5.74) is 0. The summed E-state index contributed by atoms with van der Waals surface area (Å²) in [5, 5.41) is 0.130. The highest BCUT2D eigenvalue weighted by Gasteiger charge is 2.10. The van der Waals surface area contributed by atoms with Crippen molar-refractivity contribution in [2.75, 3.05) is 32.7 Å². The lowest BCUT2D eigenvalue weighted by Gasteiger charge is -2.18. The Morgan fingerprint density at radius 3 is 2.24 bits per heavy atom. The molecule has 5 nitrogen and oxygen atoms in total. The molecule has 6 heteroatoms. The van der Waals surface area contributed by atoms with Gasteiger partial charge in [0.05, 0.1) is 20.3 Å². The topological polar surface area (TPSA) is 47.5 Å². The second kappa shape index (κ2) is 6.49. The predicted octanol–water partition coefficient (Wildman–Crippen LogP) is 1.95. The Kier molecular flexibility index (Phi) is 5.28. The van der Waals surface area contributed by atoms with Gasteiger partial charge >= 0.3 is 0 Å². The SMILES string of the molecule is COc1cc(OC)nc(N(C)CCC(C)Cl)n1. The van der Waals surface area contributed by atoms with Crippen molar-refractivity contribution in [1.82, 2.24) is 9.97 Å². The van der Waals surface area contributed by atoms with E-state index in [1.54, 1.807) is 20.3 Å². The largest absolute Gasteiger partial charge is 0.481 e. The zero-order valence-electron chi connectivity index (χ0n) is 10.6. The third kappa shape index (κ3) is 4.26. The van der Waals surface area contributed by atoms with Crippen LogP contribution in [0.3, 0.4) is 0 Å². The van der Waals surface area contributed by atoms with E-state index in [-0.39, 0.29) is 5.38 Å². The van der Waals surface area contributed by atoms with Crippen molar-refractivity contribution < 1.29 is 9.47 Å². The molecule has 96 valence electrons. The maximum absolute atomic E-state index is 5.91. The molecule has 0 spiro atoms. The molecule has 0 saturated carbocycles. The highest BCUT2D eigenvalue weighted by molar-refractivity contribution is 6.20. The Hall–Kier alpha value is -1.23. The normalized spacial score (nSPS) is 12.1. The number of anilines is 1. The van der Waals surface area contributed by atoms with Crippen LogP contribution in [0.15, 0.2) is 6.07 Å². The van der Waals surface area contributed by atoms with Crippen LogP contribution in [0, 0.1) is 0 Å². The molecule has 1 heterocycles. The van der Waals surface area contributed by atoms with Gasteiger partial charge in [-0.1, -0.05) is 0 Å². The minimum Gasteiger partial charge on any atom is -0.481 e. The van der Waals surface area contributed by atoms with Gasteiger partial charge in [0.1, 0.15) is 0 Å². The van der Waals surface area contributed by atoms with E-state index in [1.807, 2.05) is 18.9 Å². The molecule has 0 aliphatic heterocycles. The number of aromatic nitrogens is 2. The first-order chi connectivity index (χ1) is 8.06. The molecule has 1 aromatic rings. The van der Waals surface area contributed by atoms with Crippen LogP contribution < -0.4 is 14.4 Å². The van der Waals surface area contributed by atoms with Crippen molar-refractivity contribution in [1.29, 1.82) is 0 Å². The molecule has 0 aromatic carbocycles. The van der Waals surface area contributed by atoms with Gasteiger partial charge in [0.15, 0.2) is 0 Å². The highest BCUT2D eigenvalue weighted by Crippen LogP contribution is 2.19. The molecule has 0 amide bonds. The van der Waals surface area contributed by atoms with Crippen molar-refractivity contribution in [2.24, 2.45) is 0 Å². The molecule has 0 N–H and O–H groups in total. The summed E-state index contributed by atoms with van der Waals surface area (Å²) in [5.74, 6) is 1.54. The van der Waals surface area contributed by atoms with Crippen LogP contribution in [0.25, 0.3) is 0 Å². The van der Waals surface area contributed by atoms with Gasteiger partial charge in [0, 0.05) is 19.0 Å². The van der Waals surface area contributed by atoms with E-state index in [1.165, 1.54) is 0 Å². The Morgan fingerprint density at radius 2 is 1.82 bits per heavy atom. The third-order valence-electron chi connectivity index (χ3n) is 2.29. The monoisotopic (exact) mass is 259 g/mol. The lowest BCUT2D eigenvalue weighted by molar-refractivity contribution is 0.372. The molecular weight excluding hydrogens is 242 g/mol. The molecule has 0 saturated heterocycles. The number of hydrogen-bond donors (Lipinski definition) is 0. The van der Waals surface area contributed by atoms with Crippen molar-refractivity contribution in [3.63, 3.8) is 0 Å². The van der Waals surface area contributed by atoms with Crippen molar-refractivity contribution in [3.8, 4) is 11.8 Å². The van der Waals surface area contributed by atoms with Crippen LogP contribution >= 0.6 is 11.6 Å². The lowest BCUT2D eigenvalue weighted by atomic mass is 10.3. The molecule has 1 rings (SSSR count). The summed E-state index contributed by atoms with van der Waals surface area (Å²) in [7, 11) is 5.03. The van der Waals surface area contributed by atoms with Crippen molar-refractivity contribution in [2.45, 2.75) is 18.7 Å². The van der Waals surface area contributed by atoms with E-state index in [0.29, 0.717) is 17.7 Å². The Labute approximate surface area is 107 Å². The maximum atomic E-state index is 5.91. The minimum atomic E-state index is 0.130. The fourth-order valence-corrected chi connectivity index (χ4v) is 1.34. The smallest absolute Gasteiger partial charge is 0.231 e. The quantitative estimate of drug-likeness (QED) is 0.731. The van der Waals surface area contributed by atoms with Crippen LogP contribution in [-0.4, -0.2) is 43.2 Å². The molecule has 1 atom stereocenters. The van der Waals surface area contributed by atoms with Gasteiger partial charge in [0.25, 0.3) is 0 Å². The molecule has 0 aliphatic rings. The summed E-state index contributed by atoms with van der Waals surface area (Å²) >= 11 is 5.91. The van der Waals surface area contributed by atoms with Gasteiger partial charge in [-0.2, -0.15) is 9.97 Å². The fourth-order valence-electron chi connectivity index (χ4n) is 1.24. The van der Waals surface area contributed by atoms with Gasteiger partial charge in [-0.05, 0) is 13.3 Å². The van der Waals surface area contributed by atoms with E-state index in [4.69, 9.17) is 21.1 Å². The highest BCUT2D eigenvalue weighted by atomic mass is 35.5. The number of ether oxygens (including phenoxy) is 2. The second-order valence-corrected chi connectivity index (χ2v) is 4.49. The van der Waals surface area contributed by atoms with Gasteiger partial charge < -0.3 is 14.4 Å². The van der Waals surface area contributed by atoms with E-state index < -0.39 is 0 Å². The van der Waals surface area contributed by atoms with Crippen LogP contribution in [0.1, 0.15) is 13.3 Å². The first kappa shape index (κ1) is 13.8. The van der Waals surface area contributed by atoms with E-state index in [0.717, 1.165) is 13.0 Å². The average Bonchev–Trinajstić information content (AvgIpc) is 2.34. The van der Waals surface area contributed by atoms with Crippen LogP contribution in [0.5, 0.6) is 11.8 Å². The summed E-state index contributed by atoms with van der Waals surface area (Å²) in [4.78, 5) is 10.4. The molecule has 1 aromatic heterocycles. The fraction of sp³-hybridized carbons (Fsp3) is 0.636. The second-order valence-electron chi connectivity index (χ2n) is 3.74. The van der Waals surface area contributed by atoms with E-state index in [9.17, 15) is 0 Å². The zero-order chi connectivity index (χ0) is 12.8. The summed E-state index contributed by atoms with van der Waals surface area (Å²) in [6, 6.07) is 1.64. The van der Waals surface area contributed by atoms with Gasteiger partial charge in [0.2, 0.25) is 17.7 Å². The van der Waals surface area contributed by atoms with Crippen molar-refractivity contribution >= 4 is 17.5 Å². The molecule has 0 aliphatic carbocycles.